The first-order valence-corrected chi connectivity index (χ1v) is 13.3. The fourth-order valence-corrected chi connectivity index (χ4v) is 5.36. The van der Waals surface area contributed by atoms with E-state index >= 15 is 0 Å². The van der Waals surface area contributed by atoms with Gasteiger partial charge in [-0.05, 0) is 37.5 Å². The molecule has 2 fully saturated rings. The van der Waals surface area contributed by atoms with Gasteiger partial charge in [0.15, 0.2) is 0 Å². The van der Waals surface area contributed by atoms with Crippen molar-refractivity contribution in [1.29, 1.82) is 0 Å². The van der Waals surface area contributed by atoms with Gasteiger partial charge >= 0.3 is 11.9 Å². The summed E-state index contributed by atoms with van der Waals surface area (Å²) in [5.74, 6) is -1.13. The third-order valence-electron chi connectivity index (χ3n) is 7.38. The van der Waals surface area contributed by atoms with Crippen LogP contribution in [0.15, 0.2) is 12.2 Å². The zero-order valence-corrected chi connectivity index (χ0v) is 21.6. The molecule has 8 nitrogen and oxygen atoms in total. The van der Waals surface area contributed by atoms with Gasteiger partial charge in [0.2, 0.25) is 0 Å². The smallest absolute Gasteiger partial charge is 0.334 e. The maximum absolute atomic E-state index is 12.8. The SMILES string of the molecule is C=C(CC(=O)OC(C(O)CCOC)C1CCCCC1)C(=O)OC(C(O)CCOC)C1CCCCC1. The molecule has 8 heteroatoms. The molecule has 202 valence electrons. The number of aliphatic hydroxyl groups excluding tert-OH is 2. The lowest BCUT2D eigenvalue weighted by atomic mass is 9.82. The van der Waals surface area contributed by atoms with Gasteiger partial charge in [-0.3, -0.25) is 4.79 Å². The zero-order chi connectivity index (χ0) is 25.6. The fraction of sp³-hybridized carbons (Fsp3) is 0.852. The minimum atomic E-state index is -0.839. The van der Waals surface area contributed by atoms with Crippen molar-refractivity contribution in [2.24, 2.45) is 11.8 Å². The van der Waals surface area contributed by atoms with E-state index in [0.717, 1.165) is 64.2 Å². The molecule has 0 aliphatic heterocycles. The van der Waals surface area contributed by atoms with E-state index in [1.54, 1.807) is 14.2 Å². The largest absolute Gasteiger partial charge is 0.459 e. The Kier molecular flexibility index (Phi) is 13.9. The minimum Gasteiger partial charge on any atom is -0.459 e. The highest BCUT2D eigenvalue weighted by Crippen LogP contribution is 2.32. The van der Waals surface area contributed by atoms with Crippen LogP contribution in [0.1, 0.15) is 83.5 Å². The summed E-state index contributed by atoms with van der Waals surface area (Å²) in [6.45, 7) is 4.50. The van der Waals surface area contributed by atoms with E-state index in [-0.39, 0.29) is 23.8 Å². The highest BCUT2D eigenvalue weighted by atomic mass is 16.6. The van der Waals surface area contributed by atoms with Gasteiger partial charge in [0.1, 0.15) is 12.2 Å². The quantitative estimate of drug-likeness (QED) is 0.260. The number of rotatable bonds is 15. The lowest BCUT2D eigenvalue weighted by Crippen LogP contribution is -2.40. The predicted octanol–water partition coefficient (Wildman–Crippen LogP) is 3.71. The van der Waals surface area contributed by atoms with Crippen LogP contribution in [0.2, 0.25) is 0 Å². The van der Waals surface area contributed by atoms with Crippen molar-refractivity contribution in [3.8, 4) is 0 Å². The van der Waals surface area contributed by atoms with Gasteiger partial charge in [0.05, 0.1) is 18.6 Å². The Balaban J connectivity index is 1.96. The van der Waals surface area contributed by atoms with Crippen molar-refractivity contribution in [2.75, 3.05) is 27.4 Å². The molecular weight excluding hydrogens is 452 g/mol. The van der Waals surface area contributed by atoms with Crippen LogP contribution in [0, 0.1) is 11.8 Å². The van der Waals surface area contributed by atoms with Gasteiger partial charge < -0.3 is 29.2 Å². The normalized spacial score (nSPS) is 21.0. The molecule has 0 aromatic heterocycles. The van der Waals surface area contributed by atoms with Crippen LogP contribution < -0.4 is 0 Å². The Morgan fingerprint density at radius 2 is 1.20 bits per heavy atom. The van der Waals surface area contributed by atoms with E-state index in [1.165, 1.54) is 0 Å². The first-order chi connectivity index (χ1) is 16.9. The highest BCUT2D eigenvalue weighted by molar-refractivity contribution is 5.93. The third-order valence-corrected chi connectivity index (χ3v) is 7.38. The van der Waals surface area contributed by atoms with Gasteiger partial charge in [0, 0.05) is 45.8 Å². The van der Waals surface area contributed by atoms with Crippen molar-refractivity contribution in [3.05, 3.63) is 12.2 Å². The number of carbonyl (C=O) groups is 2. The fourth-order valence-electron chi connectivity index (χ4n) is 5.36. The van der Waals surface area contributed by atoms with Gasteiger partial charge in [-0.25, -0.2) is 4.79 Å². The topological polar surface area (TPSA) is 112 Å². The van der Waals surface area contributed by atoms with Crippen molar-refractivity contribution in [2.45, 2.75) is 108 Å². The molecule has 4 unspecified atom stereocenters. The average Bonchev–Trinajstić information content (AvgIpc) is 2.88. The molecule has 0 radical (unpaired) electrons. The summed E-state index contributed by atoms with van der Waals surface area (Å²) in [7, 11) is 3.13. The first-order valence-electron chi connectivity index (χ1n) is 13.3. The molecule has 2 saturated carbocycles. The van der Waals surface area contributed by atoms with Crippen LogP contribution in [0.3, 0.4) is 0 Å². The molecule has 0 heterocycles. The van der Waals surface area contributed by atoms with Crippen LogP contribution in [-0.2, 0) is 28.5 Å². The van der Waals surface area contributed by atoms with E-state index in [1.807, 2.05) is 0 Å². The van der Waals surface area contributed by atoms with E-state index in [0.29, 0.717) is 26.1 Å². The maximum Gasteiger partial charge on any atom is 0.334 e. The molecule has 0 amide bonds. The first kappa shape index (κ1) is 29.7. The second-order valence-corrected chi connectivity index (χ2v) is 10.1. The summed E-state index contributed by atoms with van der Waals surface area (Å²) in [5, 5.41) is 21.4. The Morgan fingerprint density at radius 3 is 1.63 bits per heavy atom. The number of hydrogen-bond donors (Lipinski definition) is 2. The molecule has 4 atom stereocenters. The van der Waals surface area contributed by atoms with E-state index < -0.39 is 36.4 Å². The molecule has 2 aliphatic rings. The lowest BCUT2D eigenvalue weighted by Gasteiger charge is -2.33. The molecule has 0 aromatic carbocycles. The highest BCUT2D eigenvalue weighted by Gasteiger charge is 2.35. The second kappa shape index (κ2) is 16.3. The molecule has 0 spiro atoms. The van der Waals surface area contributed by atoms with Crippen LogP contribution in [0.4, 0.5) is 0 Å². The van der Waals surface area contributed by atoms with E-state index in [4.69, 9.17) is 18.9 Å². The van der Waals surface area contributed by atoms with Gasteiger partial charge in [-0.1, -0.05) is 45.1 Å². The Bertz CT molecular complexity index is 639. The molecule has 0 saturated heterocycles. The molecule has 0 aromatic rings. The maximum atomic E-state index is 12.8. The standard InChI is InChI=1S/C27H46O8/c1-19(27(31)35-26(23(29)15-17-33-3)21-12-8-5-9-13-21)18-24(30)34-25(22(28)14-16-32-2)20-10-6-4-7-11-20/h20-23,25-26,28-29H,1,4-18H2,2-3H3. The van der Waals surface area contributed by atoms with Crippen molar-refractivity contribution in [1.82, 2.24) is 0 Å². The predicted molar refractivity (Wildman–Crippen MR) is 132 cm³/mol. The summed E-state index contributed by atoms with van der Waals surface area (Å²) in [5.41, 5.74) is -0.0106. The summed E-state index contributed by atoms with van der Waals surface area (Å²) in [6, 6.07) is 0. The average molecular weight is 499 g/mol. The Hall–Kier alpha value is -1.48. The van der Waals surface area contributed by atoms with Crippen molar-refractivity contribution < 1.29 is 38.7 Å². The minimum absolute atomic E-state index is 0.0106. The van der Waals surface area contributed by atoms with E-state index in [9.17, 15) is 19.8 Å². The van der Waals surface area contributed by atoms with Crippen LogP contribution in [0.5, 0.6) is 0 Å². The van der Waals surface area contributed by atoms with Gasteiger partial charge in [0.25, 0.3) is 0 Å². The summed E-state index contributed by atoms with van der Waals surface area (Å²) in [6.07, 6.45) is 7.49. The number of carbonyl (C=O) groups excluding carboxylic acids is 2. The summed E-state index contributed by atoms with van der Waals surface area (Å²) >= 11 is 0. The van der Waals surface area contributed by atoms with Crippen LogP contribution in [0.25, 0.3) is 0 Å². The third kappa shape index (κ3) is 10.2. The van der Waals surface area contributed by atoms with Crippen LogP contribution >= 0.6 is 0 Å². The second-order valence-electron chi connectivity index (χ2n) is 10.1. The van der Waals surface area contributed by atoms with Gasteiger partial charge in [-0.2, -0.15) is 0 Å². The van der Waals surface area contributed by atoms with Gasteiger partial charge in [-0.15, -0.1) is 0 Å². The number of hydrogen-bond acceptors (Lipinski definition) is 8. The molecule has 35 heavy (non-hydrogen) atoms. The number of methoxy groups -OCH3 is 2. The summed E-state index contributed by atoms with van der Waals surface area (Å²) in [4.78, 5) is 25.6. The Labute approximate surface area is 210 Å². The summed E-state index contributed by atoms with van der Waals surface area (Å²) < 4.78 is 21.6. The molecule has 2 rings (SSSR count). The van der Waals surface area contributed by atoms with E-state index in [2.05, 4.69) is 6.58 Å². The monoisotopic (exact) mass is 498 g/mol. The molecule has 0 bridgehead atoms. The molecular formula is C27H46O8. The number of ether oxygens (including phenoxy) is 4. The van der Waals surface area contributed by atoms with Crippen LogP contribution in [-0.4, -0.2) is 74.0 Å². The number of esters is 2. The molecule has 2 aliphatic carbocycles. The van der Waals surface area contributed by atoms with Crippen molar-refractivity contribution >= 4 is 11.9 Å². The zero-order valence-electron chi connectivity index (χ0n) is 21.6. The lowest BCUT2D eigenvalue weighted by molar-refractivity contribution is -0.164. The Morgan fingerprint density at radius 1 is 0.771 bits per heavy atom. The molecule has 2 N–H and O–H groups in total. The number of aliphatic hydroxyl groups is 2. The van der Waals surface area contributed by atoms with Crippen molar-refractivity contribution in [3.63, 3.8) is 0 Å².